The lowest BCUT2D eigenvalue weighted by Crippen LogP contribution is -2.48. The molecule has 7 nitrogen and oxygen atoms in total. The highest BCUT2D eigenvalue weighted by Gasteiger charge is 2.28. The number of carbonyl (C=O) groups excluding carboxylic acids is 2. The molecule has 18 heavy (non-hydrogen) atoms. The Labute approximate surface area is 106 Å². The molecule has 0 aromatic heterocycles. The van der Waals surface area contributed by atoms with Crippen LogP contribution in [0.5, 0.6) is 0 Å². The smallest absolute Gasteiger partial charge is 0.318 e. The van der Waals surface area contributed by atoms with Crippen LogP contribution in [-0.4, -0.2) is 54.1 Å². The van der Waals surface area contributed by atoms with Crippen molar-refractivity contribution in [2.75, 3.05) is 20.1 Å². The Hall–Kier alpha value is -1.79. The van der Waals surface area contributed by atoms with Gasteiger partial charge in [-0.1, -0.05) is 0 Å². The van der Waals surface area contributed by atoms with E-state index in [1.54, 1.807) is 11.8 Å². The number of likely N-dealkylation sites (N-methyl/N-ethyl adjacent to an activating group) is 1. The monoisotopic (exact) mass is 257 g/mol. The number of nitrogens with one attached hydrogen (secondary N) is 2. The van der Waals surface area contributed by atoms with Gasteiger partial charge in [0.25, 0.3) is 0 Å². The number of carboxylic acids is 1. The molecule has 2 atom stereocenters. The van der Waals surface area contributed by atoms with Gasteiger partial charge in [-0.3, -0.25) is 9.59 Å². The van der Waals surface area contributed by atoms with Crippen LogP contribution in [0.1, 0.15) is 19.8 Å². The summed E-state index contributed by atoms with van der Waals surface area (Å²) in [5.74, 6) is -1.10. The summed E-state index contributed by atoms with van der Waals surface area (Å²) in [5, 5.41) is 13.7. The fraction of sp³-hybridized carbons (Fsp3) is 0.727. The lowest BCUT2D eigenvalue weighted by Gasteiger charge is -2.20. The van der Waals surface area contributed by atoms with E-state index in [2.05, 4.69) is 10.6 Å². The molecule has 0 spiro atoms. The summed E-state index contributed by atoms with van der Waals surface area (Å²) < 4.78 is 0. The summed E-state index contributed by atoms with van der Waals surface area (Å²) in [6, 6.07) is -0.917. The van der Waals surface area contributed by atoms with E-state index >= 15 is 0 Å². The summed E-state index contributed by atoms with van der Waals surface area (Å²) in [5.41, 5.74) is 0. The first-order valence-electron chi connectivity index (χ1n) is 5.93. The van der Waals surface area contributed by atoms with Crippen LogP contribution in [0, 0.1) is 5.92 Å². The zero-order valence-electron chi connectivity index (χ0n) is 10.6. The Morgan fingerprint density at radius 3 is 2.67 bits per heavy atom. The molecule has 0 saturated carbocycles. The quantitative estimate of drug-likeness (QED) is 0.639. The highest BCUT2D eigenvalue weighted by Crippen LogP contribution is 2.19. The van der Waals surface area contributed by atoms with Gasteiger partial charge in [0, 0.05) is 26.6 Å². The number of carbonyl (C=O) groups is 3. The van der Waals surface area contributed by atoms with E-state index in [-0.39, 0.29) is 24.3 Å². The molecular formula is C11H19N3O4. The summed E-state index contributed by atoms with van der Waals surface area (Å²) >= 11 is 0. The molecule has 1 aliphatic heterocycles. The van der Waals surface area contributed by atoms with Crippen LogP contribution in [0.2, 0.25) is 0 Å². The molecule has 1 rings (SSSR count). The molecule has 1 saturated heterocycles. The lowest BCUT2D eigenvalue weighted by atomic mass is 10.1. The zero-order chi connectivity index (χ0) is 13.7. The molecule has 1 heterocycles. The molecule has 0 bridgehead atoms. The van der Waals surface area contributed by atoms with Gasteiger partial charge in [0.15, 0.2) is 0 Å². The minimum atomic E-state index is -0.846. The Bertz CT molecular complexity index is 345. The molecular weight excluding hydrogens is 238 g/mol. The topological polar surface area (TPSA) is 98.7 Å². The van der Waals surface area contributed by atoms with E-state index in [1.165, 1.54) is 7.05 Å². The molecule has 0 aromatic carbocycles. The minimum absolute atomic E-state index is 0.00329. The highest BCUT2D eigenvalue weighted by atomic mass is 16.4. The molecule has 0 radical (unpaired) electrons. The van der Waals surface area contributed by atoms with E-state index < -0.39 is 12.0 Å². The van der Waals surface area contributed by atoms with E-state index in [1.807, 2.05) is 0 Å². The Morgan fingerprint density at radius 1 is 1.44 bits per heavy atom. The van der Waals surface area contributed by atoms with Crippen LogP contribution in [0.25, 0.3) is 0 Å². The maximum Gasteiger partial charge on any atom is 0.318 e. The molecule has 102 valence electrons. The van der Waals surface area contributed by atoms with Crippen LogP contribution < -0.4 is 10.6 Å². The van der Waals surface area contributed by atoms with E-state index in [9.17, 15) is 14.4 Å². The number of hydrogen-bond acceptors (Lipinski definition) is 3. The SMILES string of the molecule is CNC(=O)C(C)NC(=O)N1CCC(CC(=O)O)C1. The van der Waals surface area contributed by atoms with Gasteiger partial charge in [0.2, 0.25) is 5.91 Å². The Morgan fingerprint density at radius 2 is 2.11 bits per heavy atom. The van der Waals surface area contributed by atoms with Crippen LogP contribution >= 0.6 is 0 Å². The third kappa shape index (κ3) is 3.90. The van der Waals surface area contributed by atoms with E-state index in [4.69, 9.17) is 5.11 Å². The minimum Gasteiger partial charge on any atom is -0.481 e. The first-order valence-corrected chi connectivity index (χ1v) is 5.93. The summed E-state index contributed by atoms with van der Waals surface area (Å²) in [7, 11) is 1.50. The van der Waals surface area contributed by atoms with Crippen molar-refractivity contribution >= 4 is 17.9 Å². The fourth-order valence-corrected chi connectivity index (χ4v) is 1.99. The van der Waals surface area contributed by atoms with Crippen molar-refractivity contribution in [1.82, 2.24) is 15.5 Å². The number of likely N-dealkylation sites (tertiary alicyclic amines) is 1. The van der Waals surface area contributed by atoms with Gasteiger partial charge in [0.1, 0.15) is 6.04 Å². The number of hydrogen-bond donors (Lipinski definition) is 3. The van der Waals surface area contributed by atoms with Crippen molar-refractivity contribution in [2.45, 2.75) is 25.8 Å². The lowest BCUT2D eigenvalue weighted by molar-refractivity contribution is -0.138. The fourth-order valence-electron chi connectivity index (χ4n) is 1.99. The molecule has 3 amide bonds. The highest BCUT2D eigenvalue weighted by molar-refractivity contribution is 5.86. The number of rotatable bonds is 4. The average Bonchev–Trinajstić information content (AvgIpc) is 2.75. The van der Waals surface area contributed by atoms with Crippen molar-refractivity contribution in [3.63, 3.8) is 0 Å². The maximum atomic E-state index is 11.8. The van der Waals surface area contributed by atoms with Crippen molar-refractivity contribution in [3.8, 4) is 0 Å². The molecule has 0 aromatic rings. The first kappa shape index (κ1) is 14.3. The van der Waals surface area contributed by atoms with Crippen molar-refractivity contribution in [1.29, 1.82) is 0 Å². The van der Waals surface area contributed by atoms with Gasteiger partial charge in [-0.05, 0) is 19.3 Å². The van der Waals surface area contributed by atoms with Crippen LogP contribution in [0.15, 0.2) is 0 Å². The second kappa shape index (κ2) is 6.23. The van der Waals surface area contributed by atoms with Crippen molar-refractivity contribution in [3.05, 3.63) is 0 Å². The average molecular weight is 257 g/mol. The summed E-state index contributed by atoms with van der Waals surface area (Å²) in [4.78, 5) is 35.2. The molecule has 0 aliphatic carbocycles. The number of carboxylic acid groups (broad SMARTS) is 1. The van der Waals surface area contributed by atoms with Crippen LogP contribution in [-0.2, 0) is 9.59 Å². The second-order valence-electron chi connectivity index (χ2n) is 4.48. The molecule has 3 N–H and O–H groups in total. The van der Waals surface area contributed by atoms with E-state index in [0.29, 0.717) is 19.5 Å². The number of amides is 3. The predicted molar refractivity (Wildman–Crippen MR) is 64.0 cm³/mol. The Balaban J connectivity index is 2.40. The Kier molecular flexibility index (Phi) is 4.94. The summed E-state index contributed by atoms with van der Waals surface area (Å²) in [6.07, 6.45) is 0.767. The maximum absolute atomic E-state index is 11.8. The number of aliphatic carboxylic acids is 1. The van der Waals surface area contributed by atoms with Crippen molar-refractivity contribution < 1.29 is 19.5 Å². The predicted octanol–water partition coefficient (Wildman–Crippen LogP) is -0.373. The van der Waals surface area contributed by atoms with Crippen LogP contribution in [0.3, 0.4) is 0 Å². The summed E-state index contributed by atoms with van der Waals surface area (Å²) in [6.45, 7) is 2.56. The third-order valence-corrected chi connectivity index (χ3v) is 3.02. The van der Waals surface area contributed by atoms with Gasteiger partial charge in [-0.2, -0.15) is 0 Å². The molecule has 1 fully saturated rings. The zero-order valence-corrected chi connectivity index (χ0v) is 10.6. The molecule has 2 unspecified atom stereocenters. The van der Waals surface area contributed by atoms with Crippen LogP contribution in [0.4, 0.5) is 4.79 Å². The normalized spacial score (nSPS) is 20.3. The van der Waals surface area contributed by atoms with Gasteiger partial charge in [-0.15, -0.1) is 0 Å². The first-order chi connectivity index (χ1) is 8.43. The largest absolute Gasteiger partial charge is 0.481 e. The number of nitrogens with zero attached hydrogens (tertiary/aromatic N) is 1. The third-order valence-electron chi connectivity index (χ3n) is 3.02. The van der Waals surface area contributed by atoms with Gasteiger partial charge in [0.05, 0.1) is 0 Å². The number of urea groups is 1. The van der Waals surface area contributed by atoms with Crippen molar-refractivity contribution in [2.24, 2.45) is 5.92 Å². The molecule has 7 heteroatoms. The van der Waals surface area contributed by atoms with Gasteiger partial charge < -0.3 is 20.6 Å². The van der Waals surface area contributed by atoms with Gasteiger partial charge >= 0.3 is 12.0 Å². The standard InChI is InChI=1S/C11H19N3O4/c1-7(10(17)12-2)13-11(18)14-4-3-8(6-14)5-9(15)16/h7-8H,3-6H2,1-2H3,(H,12,17)(H,13,18)(H,15,16). The molecule has 1 aliphatic rings. The van der Waals surface area contributed by atoms with Gasteiger partial charge in [-0.25, -0.2) is 4.79 Å². The van der Waals surface area contributed by atoms with E-state index in [0.717, 1.165) is 0 Å². The second-order valence-corrected chi connectivity index (χ2v) is 4.48.